The van der Waals surface area contributed by atoms with Crippen molar-refractivity contribution in [1.82, 2.24) is 0 Å². The van der Waals surface area contributed by atoms with E-state index in [1.165, 1.54) is 24.5 Å². The second-order valence-electron chi connectivity index (χ2n) is 6.56. The number of Topliss-reactive ketones (excluding diaryl/α,β-unsaturated/α-hetero) is 1. The van der Waals surface area contributed by atoms with Gasteiger partial charge in [0.2, 0.25) is 0 Å². The number of anilines is 1. The largest absolute Gasteiger partial charge is 0.370 e. The summed E-state index contributed by atoms with van der Waals surface area (Å²) in [7, 11) is 0. The van der Waals surface area contributed by atoms with Crippen LogP contribution in [0.25, 0.3) is 0 Å². The van der Waals surface area contributed by atoms with Gasteiger partial charge in [0.25, 0.3) is 0 Å². The van der Waals surface area contributed by atoms with Gasteiger partial charge in [-0.25, -0.2) is 4.39 Å². The van der Waals surface area contributed by atoms with Gasteiger partial charge in [0.15, 0.2) is 0 Å². The molecule has 1 aromatic rings. The third-order valence-corrected chi connectivity index (χ3v) is 5.05. The van der Waals surface area contributed by atoms with E-state index < -0.39 is 0 Å². The van der Waals surface area contributed by atoms with Crippen molar-refractivity contribution in [1.29, 1.82) is 0 Å². The number of fused-ring (bicyclic) bond motifs is 1. The second kappa shape index (κ2) is 6.17. The van der Waals surface area contributed by atoms with E-state index in [0.29, 0.717) is 11.7 Å². The standard InChI is InChI=1S/C18H24FNO/c1-2-3-13-4-7-18(21)15(10-13)12-20-9-8-14-5-6-16(19)11-17(14)20/h5-6,11,13,15H,2-4,7-10,12H2,1H3. The minimum atomic E-state index is -0.181. The fourth-order valence-corrected chi connectivity index (χ4v) is 3.92. The van der Waals surface area contributed by atoms with Crippen molar-refractivity contribution in [3.8, 4) is 0 Å². The summed E-state index contributed by atoms with van der Waals surface area (Å²) in [5, 5.41) is 0. The van der Waals surface area contributed by atoms with E-state index >= 15 is 0 Å². The number of nitrogens with zero attached hydrogens (tertiary/aromatic N) is 1. The second-order valence-corrected chi connectivity index (χ2v) is 6.56. The monoisotopic (exact) mass is 289 g/mol. The summed E-state index contributed by atoms with van der Waals surface area (Å²) in [5.41, 5.74) is 2.21. The fraction of sp³-hybridized carbons (Fsp3) is 0.611. The molecule has 1 aromatic carbocycles. The highest BCUT2D eigenvalue weighted by molar-refractivity contribution is 5.82. The van der Waals surface area contributed by atoms with Crippen LogP contribution in [0.5, 0.6) is 0 Å². The van der Waals surface area contributed by atoms with Crippen LogP contribution in [0.4, 0.5) is 10.1 Å². The van der Waals surface area contributed by atoms with Crippen molar-refractivity contribution in [2.75, 3.05) is 18.0 Å². The molecule has 0 N–H and O–H groups in total. The fourth-order valence-electron chi connectivity index (χ4n) is 3.92. The van der Waals surface area contributed by atoms with Crippen molar-refractivity contribution in [3.63, 3.8) is 0 Å². The zero-order valence-corrected chi connectivity index (χ0v) is 12.8. The Kier molecular flexibility index (Phi) is 4.27. The summed E-state index contributed by atoms with van der Waals surface area (Å²) < 4.78 is 13.5. The molecule has 114 valence electrons. The molecule has 1 aliphatic carbocycles. The van der Waals surface area contributed by atoms with Crippen LogP contribution >= 0.6 is 0 Å². The van der Waals surface area contributed by atoms with Gasteiger partial charge in [-0.2, -0.15) is 0 Å². The maximum Gasteiger partial charge on any atom is 0.137 e. The number of carbonyl (C=O) groups is 1. The average molecular weight is 289 g/mol. The van der Waals surface area contributed by atoms with Crippen molar-refractivity contribution < 1.29 is 9.18 Å². The molecule has 0 amide bonds. The topological polar surface area (TPSA) is 20.3 Å². The number of ketones is 1. The van der Waals surface area contributed by atoms with Crippen LogP contribution in [0.3, 0.4) is 0 Å². The highest BCUT2D eigenvalue weighted by Gasteiger charge is 2.31. The highest BCUT2D eigenvalue weighted by atomic mass is 19.1. The van der Waals surface area contributed by atoms with E-state index in [0.717, 1.165) is 44.5 Å². The molecule has 0 radical (unpaired) electrons. The first-order valence-electron chi connectivity index (χ1n) is 8.23. The Hall–Kier alpha value is -1.38. The Morgan fingerprint density at radius 2 is 2.19 bits per heavy atom. The number of hydrogen-bond acceptors (Lipinski definition) is 2. The van der Waals surface area contributed by atoms with E-state index in [1.54, 1.807) is 6.07 Å². The number of carbonyl (C=O) groups excluding carboxylic acids is 1. The zero-order valence-electron chi connectivity index (χ0n) is 12.8. The first kappa shape index (κ1) is 14.6. The van der Waals surface area contributed by atoms with Gasteiger partial charge in [0.05, 0.1) is 0 Å². The lowest BCUT2D eigenvalue weighted by molar-refractivity contribution is -0.125. The minimum Gasteiger partial charge on any atom is -0.370 e. The summed E-state index contributed by atoms with van der Waals surface area (Å²) >= 11 is 0. The number of benzene rings is 1. The molecule has 0 spiro atoms. The van der Waals surface area contributed by atoms with Crippen LogP contribution in [-0.2, 0) is 11.2 Å². The molecule has 3 heteroatoms. The van der Waals surface area contributed by atoms with Gasteiger partial charge in [-0.15, -0.1) is 0 Å². The smallest absolute Gasteiger partial charge is 0.137 e. The van der Waals surface area contributed by atoms with E-state index in [1.807, 2.05) is 6.07 Å². The van der Waals surface area contributed by atoms with Gasteiger partial charge in [-0.05, 0) is 42.9 Å². The molecule has 2 atom stereocenters. The summed E-state index contributed by atoms with van der Waals surface area (Å²) in [5.74, 6) is 1.07. The third kappa shape index (κ3) is 3.12. The van der Waals surface area contributed by atoms with E-state index in [9.17, 15) is 9.18 Å². The maximum absolute atomic E-state index is 13.5. The number of rotatable bonds is 4. The molecule has 0 bridgehead atoms. The minimum absolute atomic E-state index is 0.143. The van der Waals surface area contributed by atoms with Crippen LogP contribution in [-0.4, -0.2) is 18.9 Å². The van der Waals surface area contributed by atoms with Gasteiger partial charge in [0.1, 0.15) is 11.6 Å². The quantitative estimate of drug-likeness (QED) is 0.836. The molecule has 21 heavy (non-hydrogen) atoms. The molecular formula is C18H24FNO. The summed E-state index contributed by atoms with van der Waals surface area (Å²) in [6.45, 7) is 3.90. The molecule has 1 aliphatic heterocycles. The lowest BCUT2D eigenvalue weighted by Gasteiger charge is -2.31. The van der Waals surface area contributed by atoms with Crippen LogP contribution in [0, 0.1) is 17.7 Å². The lowest BCUT2D eigenvalue weighted by atomic mass is 9.78. The highest BCUT2D eigenvalue weighted by Crippen LogP contribution is 2.34. The Bertz CT molecular complexity index is 528. The van der Waals surface area contributed by atoms with Crippen LogP contribution < -0.4 is 4.90 Å². The normalized spacial score (nSPS) is 25.2. The lowest BCUT2D eigenvalue weighted by Crippen LogP contribution is -2.36. The van der Waals surface area contributed by atoms with Crippen LogP contribution in [0.1, 0.15) is 44.6 Å². The summed E-state index contributed by atoms with van der Waals surface area (Å²) in [6, 6.07) is 5.04. The average Bonchev–Trinajstić information content (AvgIpc) is 2.85. The molecule has 2 unspecified atom stereocenters. The Morgan fingerprint density at radius 1 is 1.33 bits per heavy atom. The third-order valence-electron chi connectivity index (χ3n) is 5.05. The molecule has 0 saturated heterocycles. The van der Waals surface area contributed by atoms with Gasteiger partial charge < -0.3 is 4.90 Å². The van der Waals surface area contributed by atoms with Crippen molar-refractivity contribution in [3.05, 3.63) is 29.6 Å². The summed E-state index contributed by atoms with van der Waals surface area (Å²) in [4.78, 5) is 14.4. The van der Waals surface area contributed by atoms with Gasteiger partial charge in [0, 0.05) is 31.1 Å². The van der Waals surface area contributed by atoms with Gasteiger partial charge in [-0.1, -0.05) is 25.8 Å². The van der Waals surface area contributed by atoms with E-state index in [2.05, 4.69) is 11.8 Å². The van der Waals surface area contributed by atoms with Crippen molar-refractivity contribution in [2.45, 2.75) is 45.4 Å². The van der Waals surface area contributed by atoms with Crippen molar-refractivity contribution >= 4 is 11.5 Å². The molecule has 1 fully saturated rings. The number of halogens is 1. The van der Waals surface area contributed by atoms with Crippen molar-refractivity contribution in [2.24, 2.45) is 11.8 Å². The van der Waals surface area contributed by atoms with Crippen LogP contribution in [0.2, 0.25) is 0 Å². The molecule has 1 saturated carbocycles. The first-order valence-corrected chi connectivity index (χ1v) is 8.23. The van der Waals surface area contributed by atoms with Gasteiger partial charge >= 0.3 is 0 Å². The number of hydrogen-bond donors (Lipinski definition) is 0. The zero-order chi connectivity index (χ0) is 14.8. The first-order chi connectivity index (χ1) is 10.2. The Labute approximate surface area is 126 Å². The predicted octanol–water partition coefficient (Wildman–Crippen LogP) is 3.97. The maximum atomic E-state index is 13.5. The van der Waals surface area contributed by atoms with E-state index in [4.69, 9.17) is 0 Å². The molecule has 0 aromatic heterocycles. The molecule has 2 nitrogen and oxygen atoms in total. The Morgan fingerprint density at radius 3 is 3.00 bits per heavy atom. The molecule has 1 heterocycles. The van der Waals surface area contributed by atoms with E-state index in [-0.39, 0.29) is 11.7 Å². The Balaban J connectivity index is 1.69. The summed E-state index contributed by atoms with van der Waals surface area (Å²) in [6.07, 6.45) is 6.22. The molecular weight excluding hydrogens is 265 g/mol. The molecule has 3 rings (SSSR count). The molecule has 2 aliphatic rings. The SMILES string of the molecule is CCCC1CCC(=O)C(CN2CCc3ccc(F)cc32)C1. The van der Waals surface area contributed by atoms with Gasteiger partial charge in [-0.3, -0.25) is 4.79 Å². The predicted molar refractivity (Wildman–Crippen MR) is 83.1 cm³/mol. The van der Waals surface area contributed by atoms with Crippen LogP contribution in [0.15, 0.2) is 18.2 Å².